The van der Waals surface area contributed by atoms with E-state index in [2.05, 4.69) is 0 Å². The van der Waals surface area contributed by atoms with Gasteiger partial charge in [0.1, 0.15) is 11.7 Å². The first-order valence-corrected chi connectivity index (χ1v) is 6.30. The molecule has 1 amide bonds. The van der Waals surface area contributed by atoms with Gasteiger partial charge in [0.2, 0.25) is 5.91 Å². The number of nitrogens with zero attached hydrogens (tertiary/aromatic N) is 1. The molecule has 2 aliphatic rings. The number of para-hydroxylation sites is 2. The fraction of sp³-hybridized carbons (Fsp3) is 0.429. The summed E-state index contributed by atoms with van der Waals surface area (Å²) >= 11 is 0. The van der Waals surface area contributed by atoms with Gasteiger partial charge < -0.3 is 9.47 Å². The van der Waals surface area contributed by atoms with Crippen LogP contribution >= 0.6 is 0 Å². The molecule has 5 heteroatoms. The third kappa shape index (κ3) is 1.69. The molecule has 1 aromatic carbocycles. The van der Waals surface area contributed by atoms with E-state index in [1.54, 1.807) is 4.90 Å². The summed E-state index contributed by atoms with van der Waals surface area (Å²) in [4.78, 5) is 25.9. The Morgan fingerprint density at radius 1 is 1.42 bits per heavy atom. The molecule has 0 bridgehead atoms. The van der Waals surface area contributed by atoms with E-state index in [9.17, 15) is 9.59 Å². The number of piperidine rings is 1. The molecule has 0 aliphatic carbocycles. The highest BCUT2D eigenvalue weighted by Crippen LogP contribution is 2.43. The van der Waals surface area contributed by atoms with Gasteiger partial charge in [-0.1, -0.05) is 19.1 Å². The van der Waals surface area contributed by atoms with Gasteiger partial charge in [-0.15, -0.1) is 0 Å². The summed E-state index contributed by atoms with van der Waals surface area (Å²) in [7, 11) is 1.31. The third-order valence-electron chi connectivity index (χ3n) is 3.78. The van der Waals surface area contributed by atoms with Gasteiger partial charge in [-0.2, -0.15) is 0 Å². The summed E-state index contributed by atoms with van der Waals surface area (Å²) < 4.78 is 10.5. The Morgan fingerprint density at radius 2 is 2.16 bits per heavy atom. The Kier molecular flexibility index (Phi) is 2.69. The van der Waals surface area contributed by atoms with E-state index < -0.39 is 11.9 Å². The fourth-order valence-corrected chi connectivity index (χ4v) is 2.83. The van der Waals surface area contributed by atoms with Gasteiger partial charge in [0.15, 0.2) is 6.23 Å². The minimum absolute atomic E-state index is 0.0875. The molecular formula is C14H15NO4. The molecule has 2 aliphatic heterocycles. The summed E-state index contributed by atoms with van der Waals surface area (Å²) in [5.41, 5.74) is 0.735. The predicted octanol–water partition coefficient (Wildman–Crippen LogP) is 1.57. The zero-order chi connectivity index (χ0) is 13.6. The van der Waals surface area contributed by atoms with Crippen molar-refractivity contribution in [2.45, 2.75) is 19.6 Å². The number of hydrogen-bond acceptors (Lipinski definition) is 4. The number of amides is 1. The molecule has 1 saturated heterocycles. The normalized spacial score (nSPS) is 28.4. The summed E-state index contributed by atoms with van der Waals surface area (Å²) in [5.74, 6) is -0.842. The first-order valence-electron chi connectivity index (χ1n) is 6.30. The number of rotatable bonds is 1. The van der Waals surface area contributed by atoms with Crippen LogP contribution in [0.15, 0.2) is 24.3 Å². The molecule has 100 valence electrons. The number of carbonyl (C=O) groups excluding carboxylic acids is 2. The van der Waals surface area contributed by atoms with Crippen molar-refractivity contribution in [2.24, 2.45) is 11.8 Å². The Labute approximate surface area is 111 Å². The third-order valence-corrected chi connectivity index (χ3v) is 3.78. The second kappa shape index (κ2) is 4.26. The number of anilines is 1. The van der Waals surface area contributed by atoms with Crippen molar-refractivity contribution >= 4 is 17.6 Å². The van der Waals surface area contributed by atoms with Gasteiger partial charge in [0.05, 0.1) is 12.8 Å². The van der Waals surface area contributed by atoms with Crippen molar-refractivity contribution in [3.05, 3.63) is 24.3 Å². The van der Waals surface area contributed by atoms with E-state index in [-0.39, 0.29) is 18.1 Å². The summed E-state index contributed by atoms with van der Waals surface area (Å²) in [5, 5.41) is 0. The molecule has 0 unspecified atom stereocenters. The van der Waals surface area contributed by atoms with Crippen LogP contribution in [0.3, 0.4) is 0 Å². The molecule has 0 radical (unpaired) electrons. The van der Waals surface area contributed by atoms with Crippen LogP contribution in [0.5, 0.6) is 5.75 Å². The Hall–Kier alpha value is -2.04. The van der Waals surface area contributed by atoms with Crippen LogP contribution in [-0.2, 0) is 14.3 Å². The van der Waals surface area contributed by atoms with Gasteiger partial charge >= 0.3 is 5.97 Å². The number of hydrogen-bond donors (Lipinski definition) is 0. The van der Waals surface area contributed by atoms with Crippen LogP contribution in [0.25, 0.3) is 0 Å². The van der Waals surface area contributed by atoms with Gasteiger partial charge in [-0.05, 0) is 18.1 Å². The number of carbonyl (C=O) groups is 2. The highest BCUT2D eigenvalue weighted by Gasteiger charge is 2.49. The SMILES string of the molecule is COC(=O)[C@H]1C(=O)N2c3ccccc3O[C@H]2C[C@@H]1C. The molecule has 2 heterocycles. The van der Waals surface area contributed by atoms with Gasteiger partial charge in [-0.25, -0.2) is 0 Å². The molecule has 0 saturated carbocycles. The lowest BCUT2D eigenvalue weighted by molar-refractivity contribution is -0.153. The summed E-state index contributed by atoms with van der Waals surface area (Å²) in [6.45, 7) is 1.88. The number of fused-ring (bicyclic) bond motifs is 3. The maximum atomic E-state index is 12.5. The molecule has 0 spiro atoms. The number of methoxy groups -OCH3 is 1. The van der Waals surface area contributed by atoms with E-state index >= 15 is 0 Å². The standard InChI is InChI=1S/C14H15NO4/c1-8-7-11-15(13(16)12(8)14(17)18-2)9-5-3-4-6-10(9)19-11/h3-6,8,11-12H,7H2,1-2H3/t8-,11-,12+/m0/s1. The summed E-state index contributed by atoms with van der Waals surface area (Å²) in [6, 6.07) is 7.38. The average Bonchev–Trinajstić information content (AvgIpc) is 2.76. The molecular weight excluding hydrogens is 246 g/mol. The van der Waals surface area contributed by atoms with E-state index in [0.29, 0.717) is 12.2 Å². The minimum atomic E-state index is -0.740. The monoisotopic (exact) mass is 261 g/mol. The van der Waals surface area contributed by atoms with Crippen LogP contribution in [-0.4, -0.2) is 25.2 Å². The van der Waals surface area contributed by atoms with E-state index in [4.69, 9.17) is 9.47 Å². The van der Waals surface area contributed by atoms with Gasteiger partial charge in [0, 0.05) is 6.42 Å². The molecule has 1 aromatic rings. The minimum Gasteiger partial charge on any atom is -0.468 e. The quantitative estimate of drug-likeness (QED) is 0.568. The van der Waals surface area contributed by atoms with Crippen LogP contribution in [0, 0.1) is 11.8 Å². The lowest BCUT2D eigenvalue weighted by atomic mass is 9.85. The Bertz CT molecular complexity index is 542. The fourth-order valence-electron chi connectivity index (χ4n) is 2.83. The maximum absolute atomic E-state index is 12.5. The lowest BCUT2D eigenvalue weighted by Gasteiger charge is -2.35. The zero-order valence-corrected chi connectivity index (χ0v) is 10.8. The van der Waals surface area contributed by atoms with E-state index in [1.165, 1.54) is 7.11 Å². The first-order chi connectivity index (χ1) is 9.13. The first kappa shape index (κ1) is 12.0. The second-order valence-corrected chi connectivity index (χ2v) is 4.96. The zero-order valence-electron chi connectivity index (χ0n) is 10.8. The molecule has 1 fully saturated rings. The van der Waals surface area contributed by atoms with Gasteiger partial charge in [-0.3, -0.25) is 14.5 Å². The second-order valence-electron chi connectivity index (χ2n) is 4.96. The van der Waals surface area contributed by atoms with E-state index in [0.717, 1.165) is 5.69 Å². The smallest absolute Gasteiger partial charge is 0.318 e. The predicted molar refractivity (Wildman–Crippen MR) is 67.6 cm³/mol. The Balaban J connectivity index is 1.98. The molecule has 3 rings (SSSR count). The average molecular weight is 261 g/mol. The van der Waals surface area contributed by atoms with Crippen molar-refractivity contribution in [2.75, 3.05) is 12.0 Å². The van der Waals surface area contributed by atoms with Crippen LogP contribution in [0.1, 0.15) is 13.3 Å². The topological polar surface area (TPSA) is 55.8 Å². The van der Waals surface area contributed by atoms with Crippen LogP contribution in [0.4, 0.5) is 5.69 Å². The molecule has 0 aromatic heterocycles. The van der Waals surface area contributed by atoms with Crippen molar-refractivity contribution in [3.63, 3.8) is 0 Å². The maximum Gasteiger partial charge on any atom is 0.318 e. The number of esters is 1. The number of ether oxygens (including phenoxy) is 2. The molecule has 19 heavy (non-hydrogen) atoms. The van der Waals surface area contributed by atoms with E-state index in [1.807, 2.05) is 31.2 Å². The Morgan fingerprint density at radius 3 is 2.89 bits per heavy atom. The highest BCUT2D eigenvalue weighted by molar-refractivity contribution is 6.08. The molecule has 0 N–H and O–H groups in total. The lowest BCUT2D eigenvalue weighted by Crippen LogP contribution is -2.53. The molecule has 5 nitrogen and oxygen atoms in total. The molecule has 3 atom stereocenters. The van der Waals surface area contributed by atoms with Crippen molar-refractivity contribution in [3.8, 4) is 5.75 Å². The van der Waals surface area contributed by atoms with Crippen molar-refractivity contribution < 1.29 is 19.1 Å². The summed E-state index contributed by atoms with van der Waals surface area (Å²) in [6.07, 6.45) is 0.320. The number of benzene rings is 1. The van der Waals surface area contributed by atoms with Crippen molar-refractivity contribution in [1.82, 2.24) is 0 Å². The van der Waals surface area contributed by atoms with Crippen molar-refractivity contribution in [1.29, 1.82) is 0 Å². The largest absolute Gasteiger partial charge is 0.468 e. The van der Waals surface area contributed by atoms with Crippen LogP contribution < -0.4 is 9.64 Å². The highest BCUT2D eigenvalue weighted by atomic mass is 16.5. The van der Waals surface area contributed by atoms with Gasteiger partial charge in [0.25, 0.3) is 0 Å². The van der Waals surface area contributed by atoms with Crippen LogP contribution in [0.2, 0.25) is 0 Å².